The number of carbonyl (C=O) groups is 3. The van der Waals surface area contributed by atoms with E-state index in [0.29, 0.717) is 23.4 Å². The van der Waals surface area contributed by atoms with Crippen LogP contribution in [0, 0.1) is 12.8 Å². The summed E-state index contributed by atoms with van der Waals surface area (Å²) in [5, 5.41) is 2.55. The van der Waals surface area contributed by atoms with E-state index in [1.165, 1.54) is 45.5 Å². The van der Waals surface area contributed by atoms with E-state index < -0.39 is 16.1 Å². The summed E-state index contributed by atoms with van der Waals surface area (Å²) in [6, 6.07) is 43.2. The van der Waals surface area contributed by atoms with Gasteiger partial charge in [0.25, 0.3) is 15.9 Å². The molecule has 2 fully saturated rings. The van der Waals surface area contributed by atoms with Gasteiger partial charge in [-0.15, -0.1) is 0 Å². The highest BCUT2D eigenvalue weighted by Gasteiger charge is 2.22. The molecule has 0 saturated carbocycles. The Morgan fingerprint density at radius 1 is 0.564 bits per heavy atom. The average Bonchev–Trinajstić information content (AvgIpc) is 3.45. The van der Waals surface area contributed by atoms with E-state index in [1.807, 2.05) is 70.8 Å². The highest BCUT2D eigenvalue weighted by molar-refractivity contribution is 7.90. The average molecular weight is 1070 g/mol. The van der Waals surface area contributed by atoms with Crippen LogP contribution in [0.5, 0.6) is 0 Å². The summed E-state index contributed by atoms with van der Waals surface area (Å²) in [6.07, 6.45) is 16.1. The molecule has 14 nitrogen and oxygen atoms in total. The molecule has 2 aliphatic rings. The Morgan fingerprint density at radius 3 is 1.40 bits per heavy atom. The standard InChI is InChI=1S/C21H21N3O3S.C20H25N3O.C15H17N.C7H14N2O/c1-16(15-17-11-13-22-14-12-17)18-7-9-19(10-8-18)23-21(25)24-28(26,27)20-5-3-2-4-6-20;1-16(15-17-7-9-21-10-8-17)18-3-5-19(6-4-18)20(24)23-13-11-22(2)12-14-23;1-12-3-5-15(6-4-12)13(2)11-14-7-9-16-10-8-14;1-6-2-4-9(5-3-6)7(8)10/h2-14,16H,15H2,1H3,(H2,23,24,25);3-10,16H,11-15H2,1-2H3;3-10,13H,11H2,1-2H3;6H,2-5H2,1H3,(H2,8,10)/t;16-;13-;/m.11./s1. The fourth-order valence-corrected chi connectivity index (χ4v) is 10.0. The number of primary amides is 1. The third-order valence-corrected chi connectivity index (χ3v) is 15.5. The number of aromatic nitrogens is 3. The second-order valence-electron chi connectivity index (χ2n) is 20.5. The van der Waals surface area contributed by atoms with Crippen molar-refractivity contribution >= 4 is 33.7 Å². The number of aryl methyl sites for hydroxylation is 1. The lowest BCUT2D eigenvalue weighted by atomic mass is 9.93. The minimum atomic E-state index is -3.90. The molecule has 410 valence electrons. The first-order chi connectivity index (χ1) is 37.5. The topological polar surface area (TPSA) is 184 Å². The van der Waals surface area contributed by atoms with Gasteiger partial charge in [0.15, 0.2) is 0 Å². The number of hydrogen-bond donors (Lipinski definition) is 3. The molecular formula is C63H77N9O5S. The van der Waals surface area contributed by atoms with E-state index in [0.717, 1.165) is 88.4 Å². The number of anilines is 1. The normalized spacial score (nSPS) is 14.8. The van der Waals surface area contributed by atoms with Gasteiger partial charge in [-0.2, -0.15) is 0 Å². The molecule has 0 bridgehead atoms. The number of nitrogens with one attached hydrogen (secondary N) is 2. The van der Waals surface area contributed by atoms with E-state index in [1.54, 1.807) is 47.6 Å². The molecule has 0 spiro atoms. The maximum absolute atomic E-state index is 12.6. The van der Waals surface area contributed by atoms with Crippen LogP contribution in [-0.2, 0) is 29.3 Å². The minimum Gasteiger partial charge on any atom is -0.351 e. The molecule has 9 rings (SSSR count). The second-order valence-corrected chi connectivity index (χ2v) is 22.2. The molecular weight excluding hydrogens is 995 g/mol. The van der Waals surface area contributed by atoms with Gasteiger partial charge in [0.1, 0.15) is 0 Å². The Morgan fingerprint density at radius 2 is 0.974 bits per heavy atom. The van der Waals surface area contributed by atoms with E-state index in [9.17, 15) is 22.8 Å². The Bertz CT molecular complexity index is 2990. The molecule has 1 unspecified atom stereocenters. The van der Waals surface area contributed by atoms with Gasteiger partial charge in [-0.3, -0.25) is 19.7 Å². The summed E-state index contributed by atoms with van der Waals surface area (Å²) in [5.74, 6) is 2.18. The van der Waals surface area contributed by atoms with Crippen LogP contribution in [0.1, 0.15) is 108 Å². The van der Waals surface area contributed by atoms with Crippen molar-refractivity contribution in [2.45, 2.75) is 89.4 Å². The summed E-state index contributed by atoms with van der Waals surface area (Å²) < 4.78 is 26.4. The number of likely N-dealkylation sites (tertiary alicyclic amines) is 1. The number of benzene rings is 4. The molecule has 78 heavy (non-hydrogen) atoms. The second kappa shape index (κ2) is 30.3. The molecule has 5 heterocycles. The highest BCUT2D eigenvalue weighted by Crippen LogP contribution is 2.24. The van der Waals surface area contributed by atoms with Gasteiger partial charge < -0.3 is 25.8 Å². The number of amides is 5. The van der Waals surface area contributed by atoms with E-state index in [4.69, 9.17) is 5.73 Å². The molecule has 7 aromatic rings. The van der Waals surface area contributed by atoms with Crippen molar-refractivity contribution in [3.05, 3.63) is 221 Å². The van der Waals surface area contributed by atoms with Gasteiger partial charge in [-0.05, 0) is 176 Å². The third kappa shape index (κ3) is 19.7. The number of piperazine rings is 1. The van der Waals surface area contributed by atoms with Crippen LogP contribution in [0.4, 0.5) is 15.3 Å². The van der Waals surface area contributed by atoms with Crippen LogP contribution in [0.2, 0.25) is 0 Å². The molecule has 15 heteroatoms. The van der Waals surface area contributed by atoms with Gasteiger partial charge in [0, 0.05) is 87.7 Å². The van der Waals surface area contributed by atoms with Crippen molar-refractivity contribution in [1.82, 2.24) is 34.4 Å². The quantitative estimate of drug-likeness (QED) is 0.101. The zero-order valence-corrected chi connectivity index (χ0v) is 46.9. The summed E-state index contributed by atoms with van der Waals surface area (Å²) >= 11 is 0. The lowest BCUT2D eigenvalue weighted by Crippen LogP contribution is -2.47. The predicted octanol–water partition coefficient (Wildman–Crippen LogP) is 11.3. The van der Waals surface area contributed by atoms with Crippen LogP contribution in [0.15, 0.2) is 182 Å². The summed E-state index contributed by atoms with van der Waals surface area (Å²) in [5.41, 5.74) is 15.4. The number of nitrogens with zero attached hydrogens (tertiary/aromatic N) is 6. The molecule has 4 N–H and O–H groups in total. The highest BCUT2D eigenvalue weighted by atomic mass is 32.2. The van der Waals surface area contributed by atoms with Crippen molar-refractivity contribution in [2.75, 3.05) is 51.6 Å². The maximum Gasteiger partial charge on any atom is 0.333 e. The Labute approximate surface area is 462 Å². The van der Waals surface area contributed by atoms with Gasteiger partial charge in [0.2, 0.25) is 0 Å². The number of sulfonamides is 1. The van der Waals surface area contributed by atoms with Crippen molar-refractivity contribution in [3.8, 4) is 0 Å². The van der Waals surface area contributed by atoms with E-state index in [2.05, 4.69) is 127 Å². The Hall–Kier alpha value is -7.75. The number of likely N-dealkylation sites (N-methyl/N-ethyl adjacent to an activating group) is 1. The fraction of sp³-hybridized carbons (Fsp3) is 0.333. The third-order valence-electron chi connectivity index (χ3n) is 14.2. The fourth-order valence-electron chi connectivity index (χ4n) is 9.07. The molecule has 5 amide bonds. The number of hydrogen-bond acceptors (Lipinski definition) is 9. The van der Waals surface area contributed by atoms with Gasteiger partial charge >= 0.3 is 12.1 Å². The summed E-state index contributed by atoms with van der Waals surface area (Å²) in [7, 11) is -1.80. The zero-order valence-electron chi connectivity index (χ0n) is 46.0. The Kier molecular flexibility index (Phi) is 23.1. The van der Waals surface area contributed by atoms with Crippen LogP contribution in [0.3, 0.4) is 0 Å². The van der Waals surface area contributed by atoms with E-state index in [-0.39, 0.29) is 16.8 Å². The van der Waals surface area contributed by atoms with E-state index >= 15 is 0 Å². The minimum absolute atomic E-state index is 0.0328. The molecule has 0 radical (unpaired) electrons. The first kappa shape index (κ1) is 59.5. The van der Waals surface area contributed by atoms with Gasteiger partial charge in [-0.1, -0.05) is 100.0 Å². The zero-order chi connectivity index (χ0) is 55.9. The SMILES string of the molecule is CC(Cc1ccncc1)c1ccc(NC(=O)NS(=O)(=O)c2ccccc2)cc1.CC1CCN(C(N)=O)CC1.C[C@H](Cc1ccncc1)c1ccc(C(=O)N2CCN(C)CC2)cc1.Cc1ccc([C@H](C)Cc2ccncc2)cc1. The summed E-state index contributed by atoms with van der Waals surface area (Å²) in [6.45, 7) is 16.2. The number of nitrogens with two attached hydrogens (primary N) is 1. The van der Waals surface area contributed by atoms with Crippen LogP contribution < -0.4 is 15.8 Å². The van der Waals surface area contributed by atoms with Gasteiger partial charge in [-0.25, -0.2) is 22.7 Å². The lowest BCUT2D eigenvalue weighted by Gasteiger charge is -2.32. The molecule has 4 aromatic carbocycles. The first-order valence-electron chi connectivity index (χ1n) is 26.9. The smallest absolute Gasteiger partial charge is 0.333 e. The van der Waals surface area contributed by atoms with Crippen LogP contribution in [-0.4, -0.2) is 102 Å². The van der Waals surface area contributed by atoms with Crippen molar-refractivity contribution in [3.63, 3.8) is 0 Å². The number of carbonyl (C=O) groups excluding carboxylic acids is 3. The lowest BCUT2D eigenvalue weighted by molar-refractivity contribution is 0.0664. The first-order valence-corrected chi connectivity index (χ1v) is 28.4. The van der Waals surface area contributed by atoms with Gasteiger partial charge in [0.05, 0.1) is 4.90 Å². The molecule has 2 saturated heterocycles. The summed E-state index contributed by atoms with van der Waals surface area (Å²) in [4.78, 5) is 53.3. The number of rotatable bonds is 13. The largest absolute Gasteiger partial charge is 0.351 e. The number of pyridine rings is 3. The van der Waals surface area contributed by atoms with Crippen molar-refractivity contribution < 1.29 is 22.8 Å². The molecule has 0 aliphatic carbocycles. The number of piperidine rings is 1. The number of urea groups is 2. The maximum atomic E-state index is 12.6. The molecule has 3 aromatic heterocycles. The monoisotopic (exact) mass is 1070 g/mol. The molecule has 3 atom stereocenters. The Balaban J connectivity index is 0.000000178. The molecule has 2 aliphatic heterocycles. The van der Waals surface area contributed by atoms with Crippen LogP contribution >= 0.6 is 0 Å². The van der Waals surface area contributed by atoms with Crippen molar-refractivity contribution in [2.24, 2.45) is 11.7 Å². The van der Waals surface area contributed by atoms with Crippen LogP contribution in [0.25, 0.3) is 0 Å². The van der Waals surface area contributed by atoms with Crippen molar-refractivity contribution in [1.29, 1.82) is 0 Å². The predicted molar refractivity (Wildman–Crippen MR) is 312 cm³/mol.